The van der Waals surface area contributed by atoms with Crippen LogP contribution in [0.1, 0.15) is 45.4 Å². The van der Waals surface area contributed by atoms with E-state index in [9.17, 15) is 5.11 Å². The molecular weight excluding hydrogens is 176 g/mol. The summed E-state index contributed by atoms with van der Waals surface area (Å²) in [6.07, 6.45) is 8.17. The van der Waals surface area contributed by atoms with E-state index in [4.69, 9.17) is 4.74 Å². The molecule has 1 aliphatic carbocycles. The molecule has 0 radical (unpaired) electrons. The molecule has 2 aliphatic rings. The van der Waals surface area contributed by atoms with Gasteiger partial charge < -0.3 is 9.84 Å². The predicted molar refractivity (Wildman–Crippen MR) is 55.8 cm³/mol. The minimum Gasteiger partial charge on any atom is -0.365 e. The lowest BCUT2D eigenvalue weighted by atomic mass is 9.66. The molecule has 1 saturated carbocycles. The van der Waals surface area contributed by atoms with Crippen molar-refractivity contribution in [2.75, 3.05) is 0 Å². The van der Waals surface area contributed by atoms with Gasteiger partial charge in [-0.25, -0.2) is 0 Å². The molecule has 0 spiro atoms. The summed E-state index contributed by atoms with van der Waals surface area (Å²) in [6, 6.07) is 0. The number of ether oxygens (including phenoxy) is 1. The standard InChI is InChI=1S/C12H20O2/c1-3-6-11-7-4-5-8-12(11,13)14-10(2)9-11/h3,10,13H,1,4-9H2,2H3. The molecular formula is C12H20O2. The first-order valence-corrected chi connectivity index (χ1v) is 5.63. The summed E-state index contributed by atoms with van der Waals surface area (Å²) in [5.74, 6) is -0.862. The van der Waals surface area contributed by atoms with Gasteiger partial charge in [-0.05, 0) is 32.6 Å². The Bertz CT molecular complexity index is 238. The highest BCUT2D eigenvalue weighted by Crippen LogP contribution is 2.55. The van der Waals surface area contributed by atoms with Gasteiger partial charge in [-0.1, -0.05) is 12.5 Å². The molecule has 0 aromatic heterocycles. The number of allylic oxidation sites excluding steroid dienone is 1. The van der Waals surface area contributed by atoms with Gasteiger partial charge in [-0.3, -0.25) is 0 Å². The first-order chi connectivity index (χ1) is 6.62. The summed E-state index contributed by atoms with van der Waals surface area (Å²) in [7, 11) is 0. The summed E-state index contributed by atoms with van der Waals surface area (Å²) < 4.78 is 5.72. The van der Waals surface area contributed by atoms with E-state index in [0.29, 0.717) is 0 Å². The fraction of sp³-hybridized carbons (Fsp3) is 0.833. The maximum atomic E-state index is 10.5. The van der Waals surface area contributed by atoms with Gasteiger partial charge in [-0.2, -0.15) is 0 Å². The minimum absolute atomic E-state index is 0.0353. The Balaban J connectivity index is 2.27. The summed E-state index contributed by atoms with van der Waals surface area (Å²) in [5, 5.41) is 10.5. The van der Waals surface area contributed by atoms with Crippen LogP contribution in [-0.2, 0) is 4.74 Å². The molecule has 1 heterocycles. The number of aliphatic hydroxyl groups is 1. The lowest BCUT2D eigenvalue weighted by Gasteiger charge is -2.43. The quantitative estimate of drug-likeness (QED) is 0.688. The number of hydrogen-bond donors (Lipinski definition) is 1. The second-order valence-electron chi connectivity index (χ2n) is 4.90. The van der Waals surface area contributed by atoms with Gasteiger partial charge in [0, 0.05) is 11.8 Å². The summed E-state index contributed by atoms with van der Waals surface area (Å²) in [4.78, 5) is 0. The third kappa shape index (κ3) is 1.32. The molecule has 0 amide bonds. The normalized spacial score (nSPS) is 47.4. The van der Waals surface area contributed by atoms with E-state index < -0.39 is 5.79 Å². The largest absolute Gasteiger partial charge is 0.365 e. The summed E-state index contributed by atoms with van der Waals surface area (Å²) in [6.45, 7) is 5.86. The Morgan fingerprint density at radius 3 is 2.93 bits per heavy atom. The molecule has 3 unspecified atom stereocenters. The molecule has 2 fully saturated rings. The second kappa shape index (κ2) is 3.35. The van der Waals surface area contributed by atoms with Gasteiger partial charge >= 0.3 is 0 Å². The van der Waals surface area contributed by atoms with Crippen LogP contribution in [0.25, 0.3) is 0 Å². The first kappa shape index (κ1) is 10.2. The van der Waals surface area contributed by atoms with E-state index in [-0.39, 0.29) is 11.5 Å². The molecule has 1 aliphatic heterocycles. The molecule has 2 heteroatoms. The van der Waals surface area contributed by atoms with E-state index in [0.717, 1.165) is 32.1 Å². The van der Waals surface area contributed by atoms with Gasteiger partial charge in [0.05, 0.1) is 6.10 Å². The van der Waals surface area contributed by atoms with Gasteiger partial charge in [0.1, 0.15) is 0 Å². The average molecular weight is 196 g/mol. The van der Waals surface area contributed by atoms with E-state index >= 15 is 0 Å². The third-order valence-electron chi connectivity index (χ3n) is 3.86. The lowest BCUT2D eigenvalue weighted by Crippen LogP contribution is -2.47. The topological polar surface area (TPSA) is 29.5 Å². The van der Waals surface area contributed by atoms with E-state index in [2.05, 4.69) is 13.5 Å². The zero-order valence-electron chi connectivity index (χ0n) is 8.96. The molecule has 2 nitrogen and oxygen atoms in total. The molecule has 1 N–H and O–H groups in total. The smallest absolute Gasteiger partial charge is 0.171 e. The maximum Gasteiger partial charge on any atom is 0.171 e. The molecule has 80 valence electrons. The van der Waals surface area contributed by atoms with Crippen LogP contribution in [0, 0.1) is 5.41 Å². The third-order valence-corrected chi connectivity index (χ3v) is 3.86. The predicted octanol–water partition coefficient (Wildman–Crippen LogP) is 2.62. The zero-order chi connectivity index (χ0) is 10.2. The second-order valence-corrected chi connectivity index (χ2v) is 4.90. The van der Waals surface area contributed by atoms with Gasteiger partial charge in [0.25, 0.3) is 0 Å². The summed E-state index contributed by atoms with van der Waals surface area (Å²) >= 11 is 0. The van der Waals surface area contributed by atoms with Crippen LogP contribution < -0.4 is 0 Å². The number of fused-ring (bicyclic) bond motifs is 1. The molecule has 0 bridgehead atoms. The van der Waals surface area contributed by atoms with Crippen molar-refractivity contribution in [2.45, 2.75) is 57.3 Å². The number of hydrogen-bond acceptors (Lipinski definition) is 2. The highest BCUT2D eigenvalue weighted by atomic mass is 16.6. The van der Waals surface area contributed by atoms with Crippen LogP contribution >= 0.6 is 0 Å². The van der Waals surface area contributed by atoms with Crippen molar-refractivity contribution < 1.29 is 9.84 Å². The van der Waals surface area contributed by atoms with Crippen molar-refractivity contribution in [3.8, 4) is 0 Å². The van der Waals surface area contributed by atoms with Crippen LogP contribution in [0.4, 0.5) is 0 Å². The fourth-order valence-electron chi connectivity index (χ4n) is 3.28. The minimum atomic E-state index is -0.862. The fourth-order valence-corrected chi connectivity index (χ4v) is 3.28. The first-order valence-electron chi connectivity index (χ1n) is 5.63. The molecule has 1 saturated heterocycles. The van der Waals surface area contributed by atoms with Crippen molar-refractivity contribution in [1.29, 1.82) is 0 Å². The number of rotatable bonds is 2. The molecule has 0 aromatic rings. The van der Waals surface area contributed by atoms with Crippen LogP contribution in [0.3, 0.4) is 0 Å². The van der Waals surface area contributed by atoms with Gasteiger partial charge in [-0.15, -0.1) is 6.58 Å². The zero-order valence-corrected chi connectivity index (χ0v) is 8.96. The van der Waals surface area contributed by atoms with Gasteiger partial charge in [0.15, 0.2) is 5.79 Å². The van der Waals surface area contributed by atoms with Crippen molar-refractivity contribution in [3.63, 3.8) is 0 Å². The Morgan fingerprint density at radius 1 is 1.50 bits per heavy atom. The van der Waals surface area contributed by atoms with Crippen LogP contribution in [-0.4, -0.2) is 17.0 Å². The Hall–Kier alpha value is -0.340. The average Bonchev–Trinajstić information content (AvgIpc) is 2.36. The molecule has 14 heavy (non-hydrogen) atoms. The monoisotopic (exact) mass is 196 g/mol. The van der Waals surface area contributed by atoms with Crippen molar-refractivity contribution in [1.82, 2.24) is 0 Å². The highest BCUT2D eigenvalue weighted by molar-refractivity contribution is 5.04. The Labute approximate surface area is 86.0 Å². The maximum absolute atomic E-state index is 10.5. The molecule has 3 atom stereocenters. The van der Waals surface area contributed by atoms with E-state index in [1.54, 1.807) is 0 Å². The van der Waals surface area contributed by atoms with Crippen LogP contribution in [0.2, 0.25) is 0 Å². The van der Waals surface area contributed by atoms with E-state index in [1.165, 1.54) is 6.42 Å². The van der Waals surface area contributed by atoms with Crippen molar-refractivity contribution in [2.24, 2.45) is 5.41 Å². The SMILES string of the molecule is C=CCC12CCCCC1(O)OC(C)C2. The Morgan fingerprint density at radius 2 is 2.21 bits per heavy atom. The summed E-state index contributed by atoms with van der Waals surface area (Å²) in [5.41, 5.74) is -0.0353. The molecule has 0 aromatic carbocycles. The van der Waals surface area contributed by atoms with Crippen LogP contribution in [0.5, 0.6) is 0 Å². The Kier molecular flexibility index (Phi) is 2.44. The lowest BCUT2D eigenvalue weighted by molar-refractivity contribution is -0.253. The molecule has 2 rings (SSSR count). The van der Waals surface area contributed by atoms with Crippen molar-refractivity contribution >= 4 is 0 Å². The highest BCUT2D eigenvalue weighted by Gasteiger charge is 2.57. The van der Waals surface area contributed by atoms with Crippen LogP contribution in [0.15, 0.2) is 12.7 Å². The van der Waals surface area contributed by atoms with Crippen molar-refractivity contribution in [3.05, 3.63) is 12.7 Å². The van der Waals surface area contributed by atoms with E-state index in [1.807, 2.05) is 6.08 Å². The van der Waals surface area contributed by atoms with Gasteiger partial charge in [0.2, 0.25) is 0 Å².